The molecule has 8 rings (SSSR count). The Morgan fingerprint density at radius 1 is 0.632 bits per heavy atom. The highest BCUT2D eigenvalue weighted by molar-refractivity contribution is 5.98. The second kappa shape index (κ2) is 20.5. The molecule has 13 nitrogen and oxygen atoms in total. The van der Waals surface area contributed by atoms with Crippen LogP contribution in [0.5, 0.6) is 0 Å². The van der Waals surface area contributed by atoms with Gasteiger partial charge in [0.1, 0.15) is 23.3 Å². The number of anilines is 4. The summed E-state index contributed by atoms with van der Waals surface area (Å²) in [4.78, 5) is 37.2. The molecule has 0 saturated carbocycles. The van der Waals surface area contributed by atoms with Crippen molar-refractivity contribution in [2.45, 2.75) is 38.1 Å². The van der Waals surface area contributed by atoms with Gasteiger partial charge in [0.05, 0.1) is 67.6 Å². The molecule has 4 heterocycles. The smallest absolute Gasteiger partial charge is 0.322 e. The lowest BCUT2D eigenvalue weighted by Gasteiger charge is -2.34. The van der Waals surface area contributed by atoms with E-state index in [0.717, 1.165) is 60.7 Å². The van der Waals surface area contributed by atoms with Gasteiger partial charge in [-0.05, 0) is 71.4 Å². The van der Waals surface area contributed by atoms with Gasteiger partial charge in [-0.2, -0.15) is 0 Å². The van der Waals surface area contributed by atoms with Gasteiger partial charge in [0.25, 0.3) is 12.9 Å². The summed E-state index contributed by atoms with van der Waals surface area (Å²) < 4.78 is 147. The molecule has 0 fully saturated rings. The number of hydrogen-bond acceptors (Lipinski definition) is 9. The van der Waals surface area contributed by atoms with Gasteiger partial charge in [-0.1, -0.05) is 0 Å². The summed E-state index contributed by atoms with van der Waals surface area (Å²) in [5.74, 6) is -5.92. The summed E-state index contributed by atoms with van der Waals surface area (Å²) in [6.45, 7) is 0.0762. The average molecular weight is 963 g/mol. The van der Waals surface area contributed by atoms with Gasteiger partial charge >= 0.3 is 12.1 Å². The number of carbonyl (C=O) groups is 2. The maximum atomic E-state index is 14.2. The first kappa shape index (κ1) is 48.9. The van der Waals surface area contributed by atoms with Crippen LogP contribution >= 0.6 is 0 Å². The standard InChI is InChI=1S/C23H21F5N4O3.C22H19F5N4O2/c1-32(23(34)30-11-2-3-15(24)14(6-11)21(27)28)19-10-35-9-18-20(19)12-7-16(25)17(26)8-13(12)22(31-18)29-4-5-33;1-28-21-12-7-16(25)15(24)6-11(12)19-17(30-21)8-33-9-18(19)31(2)22(32)29-10-3-4-14(23)13(5-10)20(26)27/h2-3,6-8,19,21,33H,4-5,9-10H2,1H3,(H,29,31)(H,30,34);3-7,18,20H,8-9H2,1-2H3,(H,28,30)(H,29,32). The Morgan fingerprint density at radius 3 is 1.43 bits per heavy atom. The van der Waals surface area contributed by atoms with Crippen molar-refractivity contribution in [3.8, 4) is 0 Å². The number of likely N-dealkylation sites (N-methyl/N-ethyl adjacent to an activating group) is 2. The van der Waals surface area contributed by atoms with Gasteiger partial charge in [-0.15, -0.1) is 0 Å². The van der Waals surface area contributed by atoms with Crippen molar-refractivity contribution in [2.24, 2.45) is 0 Å². The van der Waals surface area contributed by atoms with E-state index in [2.05, 4.69) is 31.2 Å². The van der Waals surface area contributed by atoms with Crippen LogP contribution in [0.4, 0.5) is 76.5 Å². The van der Waals surface area contributed by atoms with Crippen LogP contribution in [0.2, 0.25) is 0 Å². The van der Waals surface area contributed by atoms with Gasteiger partial charge in [0.15, 0.2) is 23.3 Å². The molecule has 4 amide bonds. The molecular formula is C45H40F10N8O5. The predicted octanol–water partition coefficient (Wildman–Crippen LogP) is 10.1. The Morgan fingerprint density at radius 2 is 1.03 bits per heavy atom. The topological polar surface area (TPSA) is 153 Å². The molecule has 2 aliphatic rings. The molecule has 4 aromatic carbocycles. The molecule has 0 aliphatic carbocycles. The fraction of sp³-hybridized carbons (Fsp3) is 0.289. The molecule has 2 atom stereocenters. The molecule has 5 N–H and O–H groups in total. The van der Waals surface area contributed by atoms with Gasteiger partial charge < -0.3 is 45.6 Å². The third kappa shape index (κ3) is 9.99. The van der Waals surface area contributed by atoms with E-state index in [1.807, 2.05) is 0 Å². The number of fused-ring (bicyclic) bond motifs is 6. The Bertz CT molecular complexity index is 2900. The first-order valence-electron chi connectivity index (χ1n) is 20.5. The summed E-state index contributed by atoms with van der Waals surface area (Å²) in [7, 11) is 4.44. The number of halogens is 10. The number of aliphatic hydroxyl groups excluding tert-OH is 1. The van der Waals surface area contributed by atoms with Crippen molar-refractivity contribution in [2.75, 3.05) is 68.8 Å². The van der Waals surface area contributed by atoms with Crippen molar-refractivity contribution < 1.29 is 68.1 Å². The van der Waals surface area contributed by atoms with Crippen LogP contribution < -0.4 is 21.3 Å². The Hall–Kier alpha value is -6.98. The molecule has 2 unspecified atom stereocenters. The molecule has 0 saturated heterocycles. The largest absolute Gasteiger partial charge is 0.395 e. The first-order chi connectivity index (χ1) is 32.4. The molecule has 0 spiro atoms. The number of alkyl halides is 4. The summed E-state index contributed by atoms with van der Waals surface area (Å²) in [6.07, 6.45) is -6.11. The summed E-state index contributed by atoms with van der Waals surface area (Å²) in [5.41, 5.74) is -0.0279. The Labute approximate surface area is 380 Å². The number of aliphatic hydroxyl groups is 1. The predicted molar refractivity (Wildman–Crippen MR) is 230 cm³/mol. The van der Waals surface area contributed by atoms with Crippen LogP contribution in [0.25, 0.3) is 21.5 Å². The molecule has 0 radical (unpaired) electrons. The van der Waals surface area contributed by atoms with Crippen LogP contribution in [0, 0.1) is 34.9 Å². The Kier molecular flexibility index (Phi) is 14.7. The molecule has 6 aromatic rings. The minimum atomic E-state index is -3.07. The number of benzene rings is 4. The van der Waals surface area contributed by atoms with Crippen LogP contribution in [0.15, 0.2) is 60.7 Å². The van der Waals surface area contributed by atoms with E-state index in [4.69, 9.17) is 14.6 Å². The number of ether oxygens (including phenoxy) is 2. The molecule has 23 heteroatoms. The summed E-state index contributed by atoms with van der Waals surface area (Å²) >= 11 is 0. The minimum Gasteiger partial charge on any atom is -0.395 e. The number of rotatable bonds is 10. The van der Waals surface area contributed by atoms with Crippen molar-refractivity contribution in [1.82, 2.24) is 19.8 Å². The molecule has 2 aromatic heterocycles. The average Bonchev–Trinajstić information content (AvgIpc) is 3.31. The second-order valence-electron chi connectivity index (χ2n) is 15.4. The van der Waals surface area contributed by atoms with E-state index in [1.54, 1.807) is 7.05 Å². The van der Waals surface area contributed by atoms with E-state index in [0.29, 0.717) is 44.5 Å². The molecule has 68 heavy (non-hydrogen) atoms. The highest BCUT2D eigenvalue weighted by Gasteiger charge is 2.34. The number of nitrogens with zero attached hydrogens (tertiary/aromatic N) is 4. The van der Waals surface area contributed by atoms with Crippen LogP contribution in [-0.2, 0) is 22.7 Å². The van der Waals surface area contributed by atoms with Crippen molar-refractivity contribution >= 4 is 56.6 Å². The number of aromatic nitrogens is 2. The lowest BCUT2D eigenvalue weighted by atomic mass is 9.95. The number of pyridine rings is 2. The van der Waals surface area contributed by atoms with E-state index < -0.39 is 83.0 Å². The summed E-state index contributed by atoms with van der Waals surface area (Å²) in [6, 6.07) is 6.77. The lowest BCUT2D eigenvalue weighted by Crippen LogP contribution is -2.39. The SMILES string of the molecule is CN(C(=O)Nc1ccc(F)c(C(F)F)c1)C1COCc2nc(NCCO)c3cc(F)c(F)cc3c21.CNc1nc2c(c3cc(F)c(F)cc13)C(N(C)C(=O)Nc1ccc(F)c(C(F)F)c1)COC2. The van der Waals surface area contributed by atoms with E-state index in [1.165, 1.54) is 23.9 Å². The lowest BCUT2D eigenvalue weighted by molar-refractivity contribution is 0.0529. The van der Waals surface area contributed by atoms with Gasteiger partial charge in [0.2, 0.25) is 0 Å². The molecule has 0 bridgehead atoms. The number of nitrogens with one attached hydrogen (secondary N) is 4. The highest BCUT2D eigenvalue weighted by Crippen LogP contribution is 2.40. The number of urea groups is 2. The highest BCUT2D eigenvalue weighted by atomic mass is 19.3. The second-order valence-corrected chi connectivity index (χ2v) is 15.4. The van der Waals surface area contributed by atoms with Crippen molar-refractivity contribution in [3.63, 3.8) is 0 Å². The maximum absolute atomic E-state index is 14.2. The van der Waals surface area contributed by atoms with Crippen molar-refractivity contribution in [1.29, 1.82) is 0 Å². The molecule has 360 valence electrons. The number of amides is 4. The summed E-state index contributed by atoms with van der Waals surface area (Å²) in [5, 5.41) is 21.0. The minimum absolute atomic E-state index is 0.00180. The number of hydrogen-bond donors (Lipinski definition) is 5. The molecular weight excluding hydrogens is 923 g/mol. The zero-order valence-corrected chi connectivity index (χ0v) is 36.0. The third-order valence-electron chi connectivity index (χ3n) is 11.2. The Balaban J connectivity index is 0.000000202. The van der Waals surface area contributed by atoms with Crippen LogP contribution in [-0.4, -0.2) is 84.4 Å². The van der Waals surface area contributed by atoms with Gasteiger partial charge in [0, 0.05) is 61.0 Å². The van der Waals surface area contributed by atoms with Crippen LogP contribution in [0.3, 0.4) is 0 Å². The zero-order valence-electron chi connectivity index (χ0n) is 36.0. The first-order valence-corrected chi connectivity index (χ1v) is 20.5. The fourth-order valence-corrected chi connectivity index (χ4v) is 7.81. The third-order valence-corrected chi connectivity index (χ3v) is 11.2. The van der Waals surface area contributed by atoms with Gasteiger partial charge in [-0.25, -0.2) is 63.5 Å². The van der Waals surface area contributed by atoms with E-state index >= 15 is 0 Å². The zero-order chi connectivity index (χ0) is 49.1. The molecule has 2 aliphatic heterocycles. The monoisotopic (exact) mass is 962 g/mol. The fourth-order valence-electron chi connectivity index (χ4n) is 7.81. The van der Waals surface area contributed by atoms with E-state index in [9.17, 15) is 53.5 Å². The maximum Gasteiger partial charge on any atom is 0.322 e. The van der Waals surface area contributed by atoms with Gasteiger partial charge in [-0.3, -0.25) is 0 Å². The normalized spacial score (nSPS) is 15.4. The number of carbonyl (C=O) groups excluding carboxylic acids is 2. The van der Waals surface area contributed by atoms with E-state index in [-0.39, 0.29) is 62.2 Å². The van der Waals surface area contributed by atoms with Crippen LogP contribution in [0.1, 0.15) is 58.6 Å². The quantitative estimate of drug-likeness (QED) is 0.0845. The van der Waals surface area contributed by atoms with Crippen molar-refractivity contribution in [3.05, 3.63) is 129 Å².